The number of carbonyl (C=O) groups is 1. The first-order valence-corrected chi connectivity index (χ1v) is 9.53. The Hall–Kier alpha value is -2.97. The number of hydrogen-bond acceptors (Lipinski definition) is 5. The van der Waals surface area contributed by atoms with Gasteiger partial charge < -0.3 is 15.4 Å². The molecule has 1 amide bonds. The molecule has 9 heteroatoms. The number of rotatable bonds is 4. The number of aromatic amines is 1. The minimum absolute atomic E-state index is 0.338. The number of H-pyrrole nitrogens is 1. The van der Waals surface area contributed by atoms with Gasteiger partial charge in [-0.2, -0.15) is 5.10 Å². The summed E-state index contributed by atoms with van der Waals surface area (Å²) in [4.78, 5) is 24.8. The van der Waals surface area contributed by atoms with E-state index in [4.69, 9.17) is 11.6 Å². The Labute approximate surface area is 171 Å². The molecular formula is C20H21ClN6O2. The van der Waals surface area contributed by atoms with Crippen molar-refractivity contribution in [2.45, 2.75) is 32.4 Å². The number of fused-ring (bicyclic) bond motifs is 2. The number of aryl methyl sites for hydroxylation is 1. The quantitative estimate of drug-likeness (QED) is 0.477. The van der Waals surface area contributed by atoms with E-state index in [1.807, 2.05) is 19.2 Å². The molecule has 0 unspecified atom stereocenters. The number of nitrogens with one attached hydrogen (secondary N) is 2. The molecule has 0 aliphatic rings. The van der Waals surface area contributed by atoms with Crippen molar-refractivity contribution < 1.29 is 9.90 Å². The molecule has 29 heavy (non-hydrogen) atoms. The number of nitrogens with zero attached hydrogens (tertiary/aromatic N) is 4. The van der Waals surface area contributed by atoms with Gasteiger partial charge in [0.25, 0.3) is 5.91 Å². The van der Waals surface area contributed by atoms with E-state index in [0.717, 1.165) is 10.9 Å². The summed E-state index contributed by atoms with van der Waals surface area (Å²) < 4.78 is 1.73. The van der Waals surface area contributed by atoms with Gasteiger partial charge in [0, 0.05) is 23.7 Å². The van der Waals surface area contributed by atoms with Crippen LogP contribution in [0.25, 0.3) is 33.5 Å². The van der Waals surface area contributed by atoms with Crippen molar-refractivity contribution in [1.82, 2.24) is 30.0 Å². The first kappa shape index (κ1) is 19.4. The summed E-state index contributed by atoms with van der Waals surface area (Å²) in [5.74, 6) is -0.338. The van der Waals surface area contributed by atoms with Gasteiger partial charge in [-0.25, -0.2) is 9.97 Å². The fraction of sp³-hybridized carbons (Fsp3) is 0.300. The average molecular weight is 413 g/mol. The van der Waals surface area contributed by atoms with Gasteiger partial charge in [-0.3, -0.25) is 9.48 Å². The number of benzene rings is 1. The second kappa shape index (κ2) is 6.82. The molecule has 3 N–H and O–H groups in total. The van der Waals surface area contributed by atoms with E-state index in [0.29, 0.717) is 33.1 Å². The van der Waals surface area contributed by atoms with Crippen LogP contribution in [0.15, 0.2) is 30.6 Å². The minimum atomic E-state index is -1.05. The number of aromatic nitrogens is 5. The molecular weight excluding hydrogens is 392 g/mol. The van der Waals surface area contributed by atoms with Crippen molar-refractivity contribution >= 4 is 39.6 Å². The van der Waals surface area contributed by atoms with Crippen molar-refractivity contribution in [2.75, 3.05) is 0 Å². The van der Waals surface area contributed by atoms with Gasteiger partial charge in [-0.05, 0) is 39.0 Å². The highest BCUT2D eigenvalue weighted by Gasteiger charge is 2.26. The van der Waals surface area contributed by atoms with Gasteiger partial charge in [0.05, 0.1) is 28.9 Å². The maximum Gasteiger partial charge on any atom is 0.255 e. The molecule has 1 aromatic carbocycles. The lowest BCUT2D eigenvalue weighted by Gasteiger charge is -2.26. The van der Waals surface area contributed by atoms with Gasteiger partial charge >= 0.3 is 0 Å². The van der Waals surface area contributed by atoms with Gasteiger partial charge in [-0.15, -0.1) is 0 Å². The van der Waals surface area contributed by atoms with Crippen molar-refractivity contribution in [3.05, 3.63) is 41.2 Å². The summed E-state index contributed by atoms with van der Waals surface area (Å²) in [7, 11) is 1.83. The molecule has 4 aromatic rings. The second-order valence-electron chi connectivity index (χ2n) is 7.64. The Morgan fingerprint density at radius 3 is 2.86 bits per heavy atom. The van der Waals surface area contributed by atoms with Gasteiger partial charge in [0.1, 0.15) is 16.9 Å². The number of amides is 1. The smallest absolute Gasteiger partial charge is 0.255 e. The second-order valence-corrected chi connectivity index (χ2v) is 8.07. The first-order chi connectivity index (χ1) is 13.6. The molecule has 0 aliphatic carbocycles. The lowest BCUT2D eigenvalue weighted by atomic mass is 10.0. The number of halogens is 1. The van der Waals surface area contributed by atoms with Crippen molar-refractivity contribution in [2.24, 2.45) is 7.05 Å². The average Bonchev–Trinajstić information content (AvgIpc) is 3.21. The zero-order chi connectivity index (χ0) is 20.9. The van der Waals surface area contributed by atoms with Crippen molar-refractivity contribution in [3.8, 4) is 11.4 Å². The van der Waals surface area contributed by atoms with Crippen molar-refractivity contribution in [1.29, 1.82) is 0 Å². The molecule has 0 bridgehead atoms. The van der Waals surface area contributed by atoms with Crippen LogP contribution in [0.5, 0.6) is 0 Å². The number of hydrogen-bond donors (Lipinski definition) is 3. The summed E-state index contributed by atoms with van der Waals surface area (Å²) in [6, 6.07) is 5.09. The fourth-order valence-electron chi connectivity index (χ4n) is 3.05. The predicted octanol–water partition coefficient (Wildman–Crippen LogP) is 3.05. The Kier molecular flexibility index (Phi) is 4.55. The van der Waals surface area contributed by atoms with Crippen LogP contribution in [0.2, 0.25) is 5.02 Å². The Morgan fingerprint density at radius 1 is 1.38 bits per heavy atom. The Bertz CT molecular complexity index is 1240. The van der Waals surface area contributed by atoms with Crippen LogP contribution in [0.3, 0.4) is 0 Å². The third-order valence-corrected chi connectivity index (χ3v) is 5.32. The Morgan fingerprint density at radius 2 is 2.14 bits per heavy atom. The first-order valence-electron chi connectivity index (χ1n) is 9.15. The summed E-state index contributed by atoms with van der Waals surface area (Å²) in [5.41, 5.74) is 2.33. The molecule has 0 saturated heterocycles. The largest absolute Gasteiger partial charge is 0.388 e. The van der Waals surface area contributed by atoms with Crippen LogP contribution in [0.1, 0.15) is 31.1 Å². The SMILES string of the molecule is C[C@@H](NC(=O)c1c[nH]c2ncc(-c3nn(C)c4cc(Cl)ccc34)nc12)C(C)(C)O. The molecule has 0 aliphatic heterocycles. The highest BCUT2D eigenvalue weighted by atomic mass is 35.5. The van der Waals surface area contributed by atoms with E-state index in [1.54, 1.807) is 43.9 Å². The summed E-state index contributed by atoms with van der Waals surface area (Å²) >= 11 is 6.10. The molecule has 0 fully saturated rings. The van der Waals surface area contributed by atoms with E-state index in [-0.39, 0.29) is 5.91 Å². The molecule has 3 heterocycles. The molecule has 3 aromatic heterocycles. The molecule has 0 saturated carbocycles. The predicted molar refractivity (Wildman–Crippen MR) is 112 cm³/mol. The summed E-state index contributed by atoms with van der Waals surface area (Å²) in [6.07, 6.45) is 3.19. The zero-order valence-electron chi connectivity index (χ0n) is 16.5. The van der Waals surface area contributed by atoms with Crippen molar-refractivity contribution in [3.63, 3.8) is 0 Å². The van der Waals surface area contributed by atoms with E-state index in [2.05, 4.69) is 25.4 Å². The van der Waals surface area contributed by atoms with Crippen LogP contribution in [0.4, 0.5) is 0 Å². The number of aliphatic hydroxyl groups is 1. The van der Waals surface area contributed by atoms with Crippen LogP contribution in [-0.2, 0) is 7.05 Å². The molecule has 1 atom stereocenters. The van der Waals surface area contributed by atoms with Gasteiger partial charge in [0.15, 0.2) is 5.65 Å². The van der Waals surface area contributed by atoms with Crippen LogP contribution < -0.4 is 5.32 Å². The normalized spacial score (nSPS) is 13.2. The van der Waals surface area contributed by atoms with E-state index < -0.39 is 11.6 Å². The van der Waals surface area contributed by atoms with Crippen LogP contribution >= 0.6 is 11.6 Å². The third kappa shape index (κ3) is 3.45. The standard InChI is InChI=1S/C20H21ClN6O2/c1-10(20(2,3)29)24-19(28)13-8-22-18-17(13)25-14(9-23-18)16-12-6-5-11(21)7-15(12)27(4)26-16/h5-10,29H,1-4H3,(H,22,23)(H,24,28)/t10-/m1/s1. The number of carbonyl (C=O) groups excluding carboxylic acids is 1. The molecule has 0 radical (unpaired) electrons. The maximum atomic E-state index is 12.7. The summed E-state index contributed by atoms with van der Waals surface area (Å²) in [6.45, 7) is 5.03. The molecule has 8 nitrogen and oxygen atoms in total. The van der Waals surface area contributed by atoms with E-state index in [9.17, 15) is 9.90 Å². The highest BCUT2D eigenvalue weighted by molar-refractivity contribution is 6.31. The van der Waals surface area contributed by atoms with E-state index in [1.165, 1.54) is 0 Å². The zero-order valence-corrected chi connectivity index (χ0v) is 17.2. The Balaban J connectivity index is 1.78. The minimum Gasteiger partial charge on any atom is -0.388 e. The maximum absolute atomic E-state index is 12.7. The summed E-state index contributed by atoms with van der Waals surface area (Å²) in [5, 5.41) is 19.0. The molecule has 4 rings (SSSR count). The lowest BCUT2D eigenvalue weighted by molar-refractivity contribution is 0.0409. The highest BCUT2D eigenvalue weighted by Crippen LogP contribution is 2.29. The van der Waals surface area contributed by atoms with Crippen LogP contribution in [-0.4, -0.2) is 47.4 Å². The monoisotopic (exact) mass is 412 g/mol. The third-order valence-electron chi connectivity index (χ3n) is 5.09. The van der Waals surface area contributed by atoms with Crippen LogP contribution in [0, 0.1) is 0 Å². The molecule has 150 valence electrons. The van der Waals surface area contributed by atoms with Gasteiger partial charge in [-0.1, -0.05) is 11.6 Å². The lowest BCUT2D eigenvalue weighted by Crippen LogP contribution is -2.47. The fourth-order valence-corrected chi connectivity index (χ4v) is 3.22. The topological polar surface area (TPSA) is 109 Å². The van der Waals surface area contributed by atoms with Gasteiger partial charge in [0.2, 0.25) is 0 Å². The van der Waals surface area contributed by atoms with E-state index >= 15 is 0 Å². The molecule has 0 spiro atoms.